The van der Waals surface area contributed by atoms with Crippen LogP contribution >= 0.6 is 0 Å². The van der Waals surface area contributed by atoms with Gasteiger partial charge < -0.3 is 19.5 Å². The van der Waals surface area contributed by atoms with Crippen LogP contribution in [0.3, 0.4) is 0 Å². The predicted molar refractivity (Wildman–Crippen MR) is 145 cm³/mol. The van der Waals surface area contributed by atoms with Crippen LogP contribution in [0, 0.1) is 11.8 Å². The summed E-state index contributed by atoms with van der Waals surface area (Å²) >= 11 is 0. The number of benzene rings is 2. The zero-order chi connectivity index (χ0) is 25.1. The molecule has 3 fully saturated rings. The number of nitrogens with one attached hydrogen (secondary N) is 1. The Morgan fingerprint density at radius 1 is 1.14 bits per heavy atom. The van der Waals surface area contributed by atoms with Crippen molar-refractivity contribution in [3.05, 3.63) is 60.4 Å². The average Bonchev–Trinajstić information content (AvgIpc) is 3.31. The van der Waals surface area contributed by atoms with Gasteiger partial charge in [0.05, 0.1) is 17.0 Å². The van der Waals surface area contributed by atoms with Gasteiger partial charge in [-0.1, -0.05) is 44.2 Å². The average molecular weight is 489 g/mol. The molecule has 3 atom stereocenters. The van der Waals surface area contributed by atoms with Crippen molar-refractivity contribution in [1.82, 2.24) is 14.9 Å². The highest BCUT2D eigenvalue weighted by molar-refractivity contribution is 5.74. The lowest BCUT2D eigenvalue weighted by molar-refractivity contribution is -0.180. The van der Waals surface area contributed by atoms with Crippen molar-refractivity contribution < 1.29 is 9.53 Å². The van der Waals surface area contributed by atoms with Crippen molar-refractivity contribution in [3.63, 3.8) is 0 Å². The number of imidazole rings is 1. The maximum Gasteiger partial charge on any atom is 0.308 e. The summed E-state index contributed by atoms with van der Waals surface area (Å²) in [7, 11) is 2.19. The molecule has 36 heavy (non-hydrogen) atoms. The van der Waals surface area contributed by atoms with Gasteiger partial charge in [0.15, 0.2) is 0 Å². The lowest BCUT2D eigenvalue weighted by atomic mass is 9.66. The van der Waals surface area contributed by atoms with Crippen LogP contribution in [0.5, 0.6) is 0 Å². The standard InChI is InChI=1S/C30H40N4O2/c1-22(2)29(35)36-30(20-25-16-15-23(30)21-34(25)24-10-5-4-6-11-24)17-19-33(3)18-9-14-28-31-26-12-7-8-13-27(26)32-28/h4-8,10-13,22-23,25H,9,14-21H2,1-3H3,(H,31,32). The molecule has 6 rings (SSSR count). The van der Waals surface area contributed by atoms with Gasteiger partial charge in [-0.3, -0.25) is 4.79 Å². The van der Waals surface area contributed by atoms with Gasteiger partial charge >= 0.3 is 5.97 Å². The van der Waals surface area contributed by atoms with Gasteiger partial charge in [0.25, 0.3) is 0 Å². The Bertz CT molecular complexity index is 1130. The molecular weight excluding hydrogens is 448 g/mol. The summed E-state index contributed by atoms with van der Waals surface area (Å²) in [6.07, 6.45) is 6.11. The number of nitrogens with zero attached hydrogens (tertiary/aromatic N) is 3. The van der Waals surface area contributed by atoms with E-state index in [1.807, 2.05) is 26.0 Å². The molecule has 192 valence electrons. The van der Waals surface area contributed by atoms with Crippen LogP contribution in [0.2, 0.25) is 0 Å². The maximum absolute atomic E-state index is 12.8. The van der Waals surface area contributed by atoms with E-state index in [1.165, 1.54) is 12.1 Å². The van der Waals surface area contributed by atoms with E-state index in [1.54, 1.807) is 0 Å². The van der Waals surface area contributed by atoms with Gasteiger partial charge in [-0.15, -0.1) is 0 Å². The minimum Gasteiger partial charge on any atom is -0.458 e. The first kappa shape index (κ1) is 24.8. The topological polar surface area (TPSA) is 61.5 Å². The molecule has 2 saturated heterocycles. The number of piperidine rings is 2. The van der Waals surface area contributed by atoms with Crippen LogP contribution in [0.1, 0.15) is 51.8 Å². The summed E-state index contributed by atoms with van der Waals surface area (Å²) in [5, 5.41) is 0. The summed E-state index contributed by atoms with van der Waals surface area (Å²) in [5.41, 5.74) is 3.07. The van der Waals surface area contributed by atoms with Crippen LogP contribution in [0.15, 0.2) is 54.6 Å². The largest absolute Gasteiger partial charge is 0.458 e. The molecule has 6 heteroatoms. The minimum absolute atomic E-state index is 0.0543. The van der Waals surface area contributed by atoms with E-state index < -0.39 is 0 Å². The third-order valence-electron chi connectivity index (χ3n) is 8.20. The monoisotopic (exact) mass is 488 g/mol. The molecule has 0 radical (unpaired) electrons. The first-order valence-electron chi connectivity index (χ1n) is 13.6. The van der Waals surface area contributed by atoms with E-state index in [0.29, 0.717) is 12.0 Å². The summed E-state index contributed by atoms with van der Waals surface area (Å²) in [6.45, 7) is 6.78. The highest BCUT2D eigenvalue weighted by Crippen LogP contribution is 2.48. The zero-order valence-electron chi connectivity index (χ0n) is 22.0. The molecule has 3 aliphatic rings. The van der Waals surface area contributed by atoms with Crippen LogP contribution in [0.25, 0.3) is 11.0 Å². The number of esters is 1. The molecule has 0 spiro atoms. The summed E-state index contributed by atoms with van der Waals surface area (Å²) in [6, 6.07) is 19.3. The molecular formula is C30H40N4O2. The second kappa shape index (κ2) is 10.6. The lowest BCUT2D eigenvalue weighted by Gasteiger charge is -2.56. The molecule has 1 saturated carbocycles. The number of rotatable bonds is 10. The van der Waals surface area contributed by atoms with Crippen molar-refractivity contribution >= 4 is 22.7 Å². The van der Waals surface area contributed by atoms with E-state index >= 15 is 0 Å². The van der Waals surface area contributed by atoms with E-state index in [4.69, 9.17) is 9.72 Å². The second-order valence-electron chi connectivity index (χ2n) is 11.1. The van der Waals surface area contributed by atoms with E-state index in [2.05, 4.69) is 64.3 Å². The number of aryl methyl sites for hydroxylation is 1. The molecule has 2 aromatic carbocycles. The SMILES string of the molecule is CC(C)C(=O)OC1(CCN(C)CCCc2nc3ccccc3[nH]2)CC2CCC1CN2c1ccccc1. The van der Waals surface area contributed by atoms with Gasteiger partial charge in [-0.05, 0) is 57.1 Å². The Morgan fingerprint density at radius 2 is 1.92 bits per heavy atom. The number of aromatic nitrogens is 2. The zero-order valence-corrected chi connectivity index (χ0v) is 22.0. The fraction of sp³-hybridized carbons (Fsp3) is 0.533. The Hall–Kier alpha value is -2.86. The van der Waals surface area contributed by atoms with Crippen molar-refractivity contribution in [3.8, 4) is 0 Å². The number of aromatic amines is 1. The highest BCUT2D eigenvalue weighted by Gasteiger charge is 2.53. The number of fused-ring (bicyclic) bond motifs is 4. The van der Waals surface area contributed by atoms with E-state index in [-0.39, 0.29) is 17.5 Å². The van der Waals surface area contributed by atoms with Crippen LogP contribution in [0.4, 0.5) is 5.69 Å². The Balaban J connectivity index is 1.21. The highest BCUT2D eigenvalue weighted by atomic mass is 16.6. The Morgan fingerprint density at radius 3 is 2.64 bits per heavy atom. The first-order chi connectivity index (χ1) is 17.4. The van der Waals surface area contributed by atoms with Gasteiger partial charge in [-0.2, -0.15) is 0 Å². The van der Waals surface area contributed by atoms with Gasteiger partial charge in [0.2, 0.25) is 0 Å². The van der Waals surface area contributed by atoms with E-state index in [9.17, 15) is 4.79 Å². The van der Waals surface area contributed by atoms with Crippen molar-refractivity contribution in [2.75, 3.05) is 31.6 Å². The number of hydrogen-bond donors (Lipinski definition) is 1. The van der Waals surface area contributed by atoms with E-state index in [0.717, 1.165) is 68.6 Å². The summed E-state index contributed by atoms with van der Waals surface area (Å²) in [5.74, 6) is 1.27. The third kappa shape index (κ3) is 5.29. The minimum atomic E-state index is -0.359. The first-order valence-corrected chi connectivity index (χ1v) is 13.6. The molecule has 3 unspecified atom stereocenters. The number of hydrogen-bond acceptors (Lipinski definition) is 5. The number of para-hydroxylation sites is 3. The van der Waals surface area contributed by atoms with Crippen molar-refractivity contribution in [1.29, 1.82) is 0 Å². The Labute approximate surface area is 215 Å². The normalized spacial score (nSPS) is 23.6. The summed E-state index contributed by atoms with van der Waals surface area (Å²) in [4.78, 5) is 25.9. The fourth-order valence-corrected chi connectivity index (χ4v) is 6.10. The molecule has 2 aliphatic heterocycles. The lowest BCUT2D eigenvalue weighted by Crippen LogP contribution is -2.63. The molecule has 2 bridgehead atoms. The number of carbonyl (C=O) groups excluding carboxylic acids is 1. The second-order valence-corrected chi connectivity index (χ2v) is 11.1. The Kier molecular flexibility index (Phi) is 7.33. The third-order valence-corrected chi connectivity index (χ3v) is 8.20. The number of ether oxygens (including phenoxy) is 1. The predicted octanol–water partition coefficient (Wildman–Crippen LogP) is 5.44. The van der Waals surface area contributed by atoms with Crippen LogP contribution < -0.4 is 4.90 Å². The van der Waals surface area contributed by atoms with Gasteiger partial charge in [0.1, 0.15) is 11.4 Å². The summed E-state index contributed by atoms with van der Waals surface area (Å²) < 4.78 is 6.41. The number of carbonyl (C=O) groups is 1. The maximum atomic E-state index is 12.8. The fourth-order valence-electron chi connectivity index (χ4n) is 6.10. The van der Waals surface area contributed by atoms with Crippen LogP contribution in [-0.4, -0.2) is 59.2 Å². The van der Waals surface area contributed by atoms with Crippen LogP contribution in [-0.2, 0) is 16.0 Å². The quantitative estimate of drug-likeness (QED) is 0.385. The molecule has 6 nitrogen and oxygen atoms in total. The molecule has 1 N–H and O–H groups in total. The van der Waals surface area contributed by atoms with Gasteiger partial charge in [0, 0.05) is 50.0 Å². The molecule has 1 aliphatic carbocycles. The molecule has 0 amide bonds. The molecule has 3 aromatic rings. The van der Waals surface area contributed by atoms with Crippen molar-refractivity contribution in [2.45, 2.75) is 64.0 Å². The smallest absolute Gasteiger partial charge is 0.308 e. The van der Waals surface area contributed by atoms with Crippen molar-refractivity contribution in [2.24, 2.45) is 11.8 Å². The number of anilines is 1. The molecule has 3 heterocycles. The van der Waals surface area contributed by atoms with Gasteiger partial charge in [-0.25, -0.2) is 4.98 Å². The molecule has 1 aromatic heterocycles. The number of H-pyrrole nitrogens is 1.